The van der Waals surface area contributed by atoms with Gasteiger partial charge in [-0.25, -0.2) is 8.42 Å². The second kappa shape index (κ2) is 7.33. The Morgan fingerprint density at radius 1 is 1.28 bits per heavy atom. The molecule has 0 bridgehead atoms. The van der Waals surface area contributed by atoms with Gasteiger partial charge in [-0.3, -0.25) is 9.71 Å². The average molecular weight is 271 g/mol. The fourth-order valence-corrected chi connectivity index (χ4v) is 2.72. The molecule has 0 unspecified atom stereocenters. The van der Waals surface area contributed by atoms with E-state index in [1.54, 1.807) is 12.3 Å². The lowest BCUT2D eigenvalue weighted by molar-refractivity contribution is 0.593. The van der Waals surface area contributed by atoms with E-state index in [1.807, 2.05) is 13.8 Å². The standard InChI is InChI=1S/C12H21N3O2S/c1-3-13-6-4-5-7-18(16,17)15-12-8-11(2)9-14-10-12/h8-10,13,15H,3-7H2,1-2H3. The third kappa shape index (κ3) is 5.97. The summed E-state index contributed by atoms with van der Waals surface area (Å²) < 4.78 is 26.1. The summed E-state index contributed by atoms with van der Waals surface area (Å²) in [6.07, 6.45) is 4.72. The molecule has 18 heavy (non-hydrogen) atoms. The van der Waals surface area contributed by atoms with Gasteiger partial charge in [0.1, 0.15) is 0 Å². The summed E-state index contributed by atoms with van der Waals surface area (Å²) in [7, 11) is -3.26. The lowest BCUT2D eigenvalue weighted by Crippen LogP contribution is -2.19. The van der Waals surface area contributed by atoms with E-state index in [0.29, 0.717) is 12.1 Å². The lowest BCUT2D eigenvalue weighted by atomic mass is 10.3. The van der Waals surface area contributed by atoms with Crippen molar-refractivity contribution in [2.45, 2.75) is 26.7 Å². The first-order valence-electron chi connectivity index (χ1n) is 6.16. The summed E-state index contributed by atoms with van der Waals surface area (Å²) in [5.74, 6) is 0.145. The van der Waals surface area contributed by atoms with Crippen molar-refractivity contribution in [1.29, 1.82) is 0 Å². The van der Waals surface area contributed by atoms with Crippen molar-refractivity contribution in [2.24, 2.45) is 0 Å². The van der Waals surface area contributed by atoms with Crippen LogP contribution in [0.25, 0.3) is 0 Å². The molecule has 0 radical (unpaired) electrons. The summed E-state index contributed by atoms with van der Waals surface area (Å²) in [4.78, 5) is 3.95. The molecule has 5 nitrogen and oxygen atoms in total. The third-order valence-electron chi connectivity index (χ3n) is 2.41. The van der Waals surface area contributed by atoms with Crippen LogP contribution in [0.1, 0.15) is 25.3 Å². The van der Waals surface area contributed by atoms with Gasteiger partial charge in [-0.2, -0.15) is 0 Å². The van der Waals surface area contributed by atoms with Gasteiger partial charge >= 0.3 is 0 Å². The maximum Gasteiger partial charge on any atom is 0.232 e. The first-order valence-corrected chi connectivity index (χ1v) is 7.81. The number of aryl methyl sites for hydroxylation is 1. The second-order valence-corrected chi connectivity index (χ2v) is 6.07. The number of nitrogens with zero attached hydrogens (tertiary/aromatic N) is 1. The van der Waals surface area contributed by atoms with Gasteiger partial charge in [0, 0.05) is 6.20 Å². The van der Waals surface area contributed by atoms with E-state index < -0.39 is 10.0 Å². The van der Waals surface area contributed by atoms with Crippen LogP contribution in [0.3, 0.4) is 0 Å². The van der Waals surface area contributed by atoms with Crippen molar-refractivity contribution in [3.05, 3.63) is 24.0 Å². The highest BCUT2D eigenvalue weighted by Crippen LogP contribution is 2.10. The molecule has 102 valence electrons. The van der Waals surface area contributed by atoms with Crippen LogP contribution in [-0.4, -0.2) is 32.2 Å². The molecule has 0 aliphatic carbocycles. The maximum absolute atomic E-state index is 11.8. The first kappa shape index (κ1) is 14.9. The van der Waals surface area contributed by atoms with Crippen LogP contribution in [0.2, 0.25) is 0 Å². The number of rotatable bonds is 8. The van der Waals surface area contributed by atoms with Crippen molar-refractivity contribution in [3.63, 3.8) is 0 Å². The van der Waals surface area contributed by atoms with Gasteiger partial charge in [0.2, 0.25) is 10.0 Å². The minimum atomic E-state index is -3.26. The molecule has 1 heterocycles. The van der Waals surface area contributed by atoms with E-state index in [0.717, 1.165) is 25.1 Å². The van der Waals surface area contributed by atoms with Crippen molar-refractivity contribution in [2.75, 3.05) is 23.6 Å². The quantitative estimate of drug-likeness (QED) is 0.703. The van der Waals surface area contributed by atoms with Gasteiger partial charge in [0.15, 0.2) is 0 Å². The molecule has 1 aromatic rings. The fourth-order valence-electron chi connectivity index (χ4n) is 1.56. The zero-order valence-corrected chi connectivity index (χ0v) is 11.8. The fraction of sp³-hybridized carbons (Fsp3) is 0.583. The van der Waals surface area contributed by atoms with Gasteiger partial charge in [0.25, 0.3) is 0 Å². The largest absolute Gasteiger partial charge is 0.317 e. The molecule has 6 heteroatoms. The van der Waals surface area contributed by atoms with Crippen molar-refractivity contribution >= 4 is 15.7 Å². The minimum Gasteiger partial charge on any atom is -0.317 e. The summed E-state index contributed by atoms with van der Waals surface area (Å²) >= 11 is 0. The Bertz CT molecular complexity index is 460. The molecule has 0 saturated heterocycles. The monoisotopic (exact) mass is 271 g/mol. The summed E-state index contributed by atoms with van der Waals surface area (Å²) in [5.41, 5.74) is 1.46. The second-order valence-electron chi connectivity index (χ2n) is 4.23. The number of anilines is 1. The minimum absolute atomic E-state index is 0.145. The number of unbranched alkanes of at least 4 members (excludes halogenated alkanes) is 1. The number of hydrogen-bond donors (Lipinski definition) is 2. The Hall–Kier alpha value is -1.14. The molecule has 0 aliphatic rings. The Morgan fingerprint density at radius 2 is 2.06 bits per heavy atom. The van der Waals surface area contributed by atoms with Gasteiger partial charge in [-0.05, 0) is 44.5 Å². The van der Waals surface area contributed by atoms with Crippen LogP contribution in [0.15, 0.2) is 18.5 Å². The highest BCUT2D eigenvalue weighted by molar-refractivity contribution is 7.92. The highest BCUT2D eigenvalue weighted by Gasteiger charge is 2.09. The molecular formula is C12H21N3O2S. The van der Waals surface area contributed by atoms with E-state index in [1.165, 1.54) is 6.20 Å². The molecule has 0 saturated carbocycles. The van der Waals surface area contributed by atoms with Crippen LogP contribution in [-0.2, 0) is 10.0 Å². The van der Waals surface area contributed by atoms with Crippen LogP contribution < -0.4 is 10.0 Å². The summed E-state index contributed by atoms with van der Waals surface area (Å²) in [6.45, 7) is 5.68. The Labute approximate surface area is 109 Å². The molecule has 2 N–H and O–H groups in total. The van der Waals surface area contributed by atoms with Crippen molar-refractivity contribution in [1.82, 2.24) is 10.3 Å². The first-order chi connectivity index (χ1) is 8.53. The molecule has 0 atom stereocenters. The Morgan fingerprint density at radius 3 is 2.72 bits per heavy atom. The van der Waals surface area contributed by atoms with E-state index in [9.17, 15) is 8.42 Å². The lowest BCUT2D eigenvalue weighted by Gasteiger charge is -2.08. The molecule has 1 aromatic heterocycles. The average Bonchev–Trinajstić information content (AvgIpc) is 2.28. The number of sulfonamides is 1. The van der Waals surface area contributed by atoms with Crippen LogP contribution in [0, 0.1) is 6.92 Å². The zero-order valence-electron chi connectivity index (χ0n) is 10.9. The number of nitrogens with one attached hydrogen (secondary N) is 2. The summed E-state index contributed by atoms with van der Waals surface area (Å²) in [6, 6.07) is 1.77. The SMILES string of the molecule is CCNCCCCS(=O)(=O)Nc1cncc(C)c1. The van der Waals surface area contributed by atoms with Crippen LogP contribution in [0.4, 0.5) is 5.69 Å². The molecule has 0 fully saturated rings. The molecular weight excluding hydrogens is 250 g/mol. The van der Waals surface area contributed by atoms with Gasteiger partial charge in [0.05, 0.1) is 17.6 Å². The van der Waals surface area contributed by atoms with Gasteiger partial charge in [-0.15, -0.1) is 0 Å². The van der Waals surface area contributed by atoms with Crippen molar-refractivity contribution in [3.8, 4) is 0 Å². The molecule has 0 amide bonds. The Kier molecular flexibility index (Phi) is 6.07. The molecule has 0 aliphatic heterocycles. The van der Waals surface area contributed by atoms with E-state index in [-0.39, 0.29) is 5.75 Å². The molecule has 0 aromatic carbocycles. The van der Waals surface area contributed by atoms with Gasteiger partial charge in [-0.1, -0.05) is 6.92 Å². The third-order valence-corrected chi connectivity index (χ3v) is 3.79. The van der Waals surface area contributed by atoms with E-state index >= 15 is 0 Å². The topological polar surface area (TPSA) is 71.1 Å². The number of aromatic nitrogens is 1. The molecule has 1 rings (SSSR count). The van der Waals surface area contributed by atoms with E-state index in [2.05, 4.69) is 15.0 Å². The predicted octanol–water partition coefficient (Wildman–Crippen LogP) is 1.52. The zero-order chi connectivity index (χ0) is 13.4. The van der Waals surface area contributed by atoms with E-state index in [4.69, 9.17) is 0 Å². The van der Waals surface area contributed by atoms with Crippen LogP contribution >= 0.6 is 0 Å². The smallest absolute Gasteiger partial charge is 0.232 e. The number of pyridine rings is 1. The maximum atomic E-state index is 11.8. The van der Waals surface area contributed by atoms with Gasteiger partial charge < -0.3 is 5.32 Å². The summed E-state index contributed by atoms with van der Waals surface area (Å²) in [5, 5.41) is 3.17. The highest BCUT2D eigenvalue weighted by atomic mass is 32.2. The Balaban J connectivity index is 2.40. The number of hydrogen-bond acceptors (Lipinski definition) is 4. The van der Waals surface area contributed by atoms with Crippen LogP contribution in [0.5, 0.6) is 0 Å². The van der Waals surface area contributed by atoms with Crippen molar-refractivity contribution < 1.29 is 8.42 Å². The normalized spacial score (nSPS) is 11.4. The predicted molar refractivity (Wildman–Crippen MR) is 74.2 cm³/mol. The molecule has 0 spiro atoms.